The van der Waals surface area contributed by atoms with Gasteiger partial charge in [0, 0.05) is 23.5 Å². The predicted molar refractivity (Wildman–Crippen MR) is 85.5 cm³/mol. The standard InChI is InChI=1S/C18H17NO3/c1-2-13-3-6-15(7-4-13)19-10-9-16(20)14-5-8-17-18(11-14)22-12-21-17/h3-11,19H,2,12H2,1H3/b10-9+. The number of rotatable bonds is 5. The number of fused-ring (bicyclic) bond motifs is 1. The van der Waals surface area contributed by atoms with Crippen LogP contribution in [0.15, 0.2) is 54.7 Å². The van der Waals surface area contributed by atoms with Gasteiger partial charge in [-0.3, -0.25) is 4.79 Å². The summed E-state index contributed by atoms with van der Waals surface area (Å²) in [5, 5.41) is 3.09. The van der Waals surface area contributed by atoms with Crippen LogP contribution in [0.4, 0.5) is 5.69 Å². The van der Waals surface area contributed by atoms with Crippen molar-refractivity contribution < 1.29 is 14.3 Å². The average molecular weight is 295 g/mol. The molecule has 3 rings (SSSR count). The number of nitrogens with one attached hydrogen (secondary N) is 1. The van der Waals surface area contributed by atoms with E-state index in [2.05, 4.69) is 24.4 Å². The van der Waals surface area contributed by atoms with Gasteiger partial charge in [-0.25, -0.2) is 0 Å². The lowest BCUT2D eigenvalue weighted by molar-refractivity contribution is 0.104. The maximum absolute atomic E-state index is 12.1. The van der Waals surface area contributed by atoms with Gasteiger partial charge in [0.25, 0.3) is 0 Å². The molecule has 2 aromatic rings. The smallest absolute Gasteiger partial charge is 0.231 e. The normalized spacial score (nSPS) is 12.6. The molecule has 1 N–H and O–H groups in total. The highest BCUT2D eigenvalue weighted by atomic mass is 16.7. The van der Waals surface area contributed by atoms with Crippen LogP contribution in [0.1, 0.15) is 22.8 Å². The van der Waals surface area contributed by atoms with Gasteiger partial charge < -0.3 is 14.8 Å². The van der Waals surface area contributed by atoms with Crippen molar-refractivity contribution in [2.45, 2.75) is 13.3 Å². The van der Waals surface area contributed by atoms with Crippen LogP contribution in [0.5, 0.6) is 11.5 Å². The van der Waals surface area contributed by atoms with E-state index < -0.39 is 0 Å². The van der Waals surface area contributed by atoms with Crippen LogP contribution in [-0.4, -0.2) is 12.6 Å². The van der Waals surface area contributed by atoms with Crippen LogP contribution in [0.2, 0.25) is 0 Å². The van der Waals surface area contributed by atoms with Crippen LogP contribution < -0.4 is 14.8 Å². The second kappa shape index (κ2) is 6.35. The topological polar surface area (TPSA) is 47.6 Å². The average Bonchev–Trinajstić information content (AvgIpc) is 3.03. The lowest BCUT2D eigenvalue weighted by Gasteiger charge is -2.02. The summed E-state index contributed by atoms with van der Waals surface area (Å²) in [6, 6.07) is 13.3. The molecule has 0 atom stereocenters. The number of carbonyl (C=O) groups excluding carboxylic acids is 1. The molecular weight excluding hydrogens is 278 g/mol. The number of hydrogen-bond acceptors (Lipinski definition) is 4. The molecule has 0 fully saturated rings. The number of hydrogen-bond donors (Lipinski definition) is 1. The molecule has 0 aliphatic carbocycles. The molecule has 0 radical (unpaired) electrons. The number of anilines is 1. The van der Waals surface area contributed by atoms with Crippen LogP contribution in [0.3, 0.4) is 0 Å². The minimum Gasteiger partial charge on any atom is -0.454 e. The Hall–Kier alpha value is -2.75. The summed E-state index contributed by atoms with van der Waals surface area (Å²) < 4.78 is 10.5. The fourth-order valence-corrected chi connectivity index (χ4v) is 2.20. The van der Waals surface area contributed by atoms with Crippen molar-refractivity contribution in [3.05, 3.63) is 65.9 Å². The zero-order valence-electron chi connectivity index (χ0n) is 12.3. The Labute approximate surface area is 129 Å². The minimum atomic E-state index is -0.0871. The summed E-state index contributed by atoms with van der Waals surface area (Å²) in [5.41, 5.74) is 2.81. The summed E-state index contributed by atoms with van der Waals surface area (Å²) in [6.45, 7) is 2.32. The maximum Gasteiger partial charge on any atom is 0.231 e. The molecule has 1 aliphatic rings. The van der Waals surface area contributed by atoms with Gasteiger partial charge in [-0.1, -0.05) is 19.1 Å². The fraction of sp³-hybridized carbons (Fsp3) is 0.167. The van der Waals surface area contributed by atoms with E-state index in [0.29, 0.717) is 17.1 Å². The number of allylic oxidation sites excluding steroid dienone is 1. The first-order valence-electron chi connectivity index (χ1n) is 7.22. The predicted octanol–water partition coefficient (Wildman–Crippen LogP) is 3.79. The Kier molecular flexibility index (Phi) is 4.10. The highest BCUT2D eigenvalue weighted by Crippen LogP contribution is 2.32. The van der Waals surface area contributed by atoms with Crippen LogP contribution >= 0.6 is 0 Å². The lowest BCUT2D eigenvalue weighted by atomic mass is 10.1. The molecule has 112 valence electrons. The molecule has 0 unspecified atom stereocenters. The highest BCUT2D eigenvalue weighted by molar-refractivity contribution is 6.05. The Morgan fingerprint density at radius 3 is 2.68 bits per heavy atom. The molecular formula is C18H17NO3. The van der Waals surface area contributed by atoms with Crippen molar-refractivity contribution in [1.82, 2.24) is 0 Å². The molecule has 0 aromatic heterocycles. The van der Waals surface area contributed by atoms with E-state index in [1.54, 1.807) is 24.4 Å². The van der Waals surface area contributed by atoms with E-state index in [9.17, 15) is 4.79 Å². The summed E-state index contributed by atoms with van der Waals surface area (Å²) in [4.78, 5) is 12.1. The summed E-state index contributed by atoms with van der Waals surface area (Å²) in [5.74, 6) is 1.20. The molecule has 0 bridgehead atoms. The van der Waals surface area contributed by atoms with Gasteiger partial charge in [-0.2, -0.15) is 0 Å². The maximum atomic E-state index is 12.1. The summed E-state index contributed by atoms with van der Waals surface area (Å²) >= 11 is 0. The quantitative estimate of drug-likeness (QED) is 0.673. The molecule has 0 spiro atoms. The Bertz CT molecular complexity index is 705. The van der Waals surface area contributed by atoms with E-state index in [1.807, 2.05) is 12.1 Å². The summed E-state index contributed by atoms with van der Waals surface area (Å²) in [7, 11) is 0. The van der Waals surface area contributed by atoms with Crippen molar-refractivity contribution in [3.63, 3.8) is 0 Å². The number of aryl methyl sites for hydroxylation is 1. The summed E-state index contributed by atoms with van der Waals surface area (Å²) in [6.07, 6.45) is 4.16. The largest absolute Gasteiger partial charge is 0.454 e. The number of carbonyl (C=O) groups is 1. The van der Waals surface area contributed by atoms with E-state index >= 15 is 0 Å². The second-order valence-corrected chi connectivity index (χ2v) is 4.96. The SMILES string of the molecule is CCc1ccc(N/C=C/C(=O)c2ccc3c(c2)OCO3)cc1. The van der Waals surface area contributed by atoms with Gasteiger partial charge >= 0.3 is 0 Å². The van der Waals surface area contributed by atoms with Crippen molar-refractivity contribution >= 4 is 11.5 Å². The molecule has 2 aromatic carbocycles. The minimum absolute atomic E-state index is 0.0871. The van der Waals surface area contributed by atoms with Gasteiger partial charge in [0.1, 0.15) is 0 Å². The van der Waals surface area contributed by atoms with Gasteiger partial charge in [0.05, 0.1) is 0 Å². The number of ketones is 1. The molecule has 0 saturated carbocycles. The monoisotopic (exact) mass is 295 g/mol. The Morgan fingerprint density at radius 2 is 1.91 bits per heavy atom. The molecule has 4 heteroatoms. The van der Waals surface area contributed by atoms with Crippen LogP contribution in [-0.2, 0) is 6.42 Å². The van der Waals surface area contributed by atoms with Gasteiger partial charge in [0.15, 0.2) is 17.3 Å². The Morgan fingerprint density at radius 1 is 1.14 bits per heavy atom. The van der Waals surface area contributed by atoms with E-state index in [1.165, 1.54) is 11.6 Å². The molecule has 22 heavy (non-hydrogen) atoms. The number of benzene rings is 2. The van der Waals surface area contributed by atoms with Gasteiger partial charge in [0.2, 0.25) is 6.79 Å². The van der Waals surface area contributed by atoms with Crippen LogP contribution in [0, 0.1) is 0 Å². The lowest BCUT2D eigenvalue weighted by Crippen LogP contribution is -1.96. The molecule has 0 amide bonds. The molecule has 0 saturated heterocycles. The highest BCUT2D eigenvalue weighted by Gasteiger charge is 2.14. The first-order valence-corrected chi connectivity index (χ1v) is 7.22. The third-order valence-electron chi connectivity index (χ3n) is 3.50. The Balaban J connectivity index is 1.63. The zero-order valence-corrected chi connectivity index (χ0v) is 12.3. The van der Waals surface area contributed by atoms with Crippen molar-refractivity contribution in [2.75, 3.05) is 12.1 Å². The van der Waals surface area contributed by atoms with E-state index in [-0.39, 0.29) is 12.6 Å². The number of ether oxygens (including phenoxy) is 2. The van der Waals surface area contributed by atoms with Crippen molar-refractivity contribution in [2.24, 2.45) is 0 Å². The zero-order chi connectivity index (χ0) is 15.4. The van der Waals surface area contributed by atoms with Gasteiger partial charge in [-0.05, 0) is 42.3 Å². The fourth-order valence-electron chi connectivity index (χ4n) is 2.20. The molecule has 1 aliphatic heterocycles. The molecule has 4 nitrogen and oxygen atoms in total. The third kappa shape index (κ3) is 3.11. The van der Waals surface area contributed by atoms with Crippen molar-refractivity contribution in [1.29, 1.82) is 0 Å². The first-order chi connectivity index (χ1) is 10.8. The van der Waals surface area contributed by atoms with Crippen molar-refractivity contribution in [3.8, 4) is 11.5 Å². The van der Waals surface area contributed by atoms with Gasteiger partial charge in [-0.15, -0.1) is 0 Å². The molecule has 1 heterocycles. The van der Waals surface area contributed by atoms with Crippen LogP contribution in [0.25, 0.3) is 0 Å². The van der Waals surface area contributed by atoms with E-state index in [4.69, 9.17) is 9.47 Å². The van der Waals surface area contributed by atoms with E-state index in [0.717, 1.165) is 12.1 Å². The third-order valence-corrected chi connectivity index (χ3v) is 3.50. The second-order valence-electron chi connectivity index (χ2n) is 4.96. The first kappa shape index (κ1) is 14.2.